The lowest BCUT2D eigenvalue weighted by atomic mass is 10.2. The Labute approximate surface area is 134 Å². The zero-order valence-electron chi connectivity index (χ0n) is 12.3. The topological polar surface area (TPSA) is 131 Å². The van der Waals surface area contributed by atoms with Gasteiger partial charge in [-0.1, -0.05) is 17.8 Å². The smallest absolute Gasteiger partial charge is 0.293 e. The van der Waals surface area contributed by atoms with Crippen molar-refractivity contribution in [2.75, 3.05) is 11.1 Å². The van der Waals surface area contributed by atoms with E-state index in [1.165, 1.54) is 19.1 Å². The second kappa shape index (κ2) is 7.01. The lowest BCUT2D eigenvalue weighted by molar-refractivity contribution is -0.384. The molecule has 2 rings (SSSR count). The summed E-state index contributed by atoms with van der Waals surface area (Å²) in [4.78, 5) is 36.2. The molecule has 10 heteroatoms. The molecule has 1 heterocycles. The summed E-state index contributed by atoms with van der Waals surface area (Å²) in [5.41, 5.74) is 0.518. The van der Waals surface area contributed by atoms with Gasteiger partial charge in [0.25, 0.3) is 11.2 Å². The number of nitrogens with zero attached hydrogens (tertiary/aromatic N) is 3. The number of H-pyrrole nitrogens is 1. The van der Waals surface area contributed by atoms with Crippen LogP contribution < -0.4 is 10.9 Å². The number of anilines is 1. The molecular weight excluding hydrogens is 322 g/mol. The van der Waals surface area contributed by atoms with Crippen molar-refractivity contribution in [2.24, 2.45) is 0 Å². The SMILES string of the molecule is Cc1ccc(NC(=O)CSc2nnc(C)c(=O)[nH]2)c([N+](=O)[O-])c1. The fraction of sp³-hybridized carbons (Fsp3) is 0.231. The van der Waals surface area contributed by atoms with Crippen molar-refractivity contribution < 1.29 is 9.72 Å². The van der Waals surface area contributed by atoms with Crippen molar-refractivity contribution in [1.82, 2.24) is 15.2 Å². The van der Waals surface area contributed by atoms with Crippen LogP contribution in [0.15, 0.2) is 28.2 Å². The Balaban J connectivity index is 2.04. The molecule has 23 heavy (non-hydrogen) atoms. The fourth-order valence-electron chi connectivity index (χ4n) is 1.66. The van der Waals surface area contributed by atoms with Crippen molar-refractivity contribution >= 4 is 29.0 Å². The zero-order valence-corrected chi connectivity index (χ0v) is 13.1. The Morgan fingerprint density at radius 2 is 2.13 bits per heavy atom. The summed E-state index contributed by atoms with van der Waals surface area (Å²) in [6.07, 6.45) is 0. The van der Waals surface area contributed by atoms with E-state index < -0.39 is 10.8 Å². The second-order valence-electron chi connectivity index (χ2n) is 4.66. The standard InChI is InChI=1S/C13H13N5O4S/c1-7-3-4-9(10(5-7)18(21)22)14-11(19)6-23-13-15-12(20)8(2)16-17-13/h3-5H,6H2,1-2H3,(H,14,19)(H,15,17,20). The zero-order chi connectivity index (χ0) is 17.0. The highest BCUT2D eigenvalue weighted by molar-refractivity contribution is 7.99. The van der Waals surface area contributed by atoms with Crippen molar-refractivity contribution in [2.45, 2.75) is 19.0 Å². The highest BCUT2D eigenvalue weighted by Crippen LogP contribution is 2.25. The van der Waals surface area contributed by atoms with E-state index in [0.29, 0.717) is 0 Å². The average Bonchev–Trinajstić information content (AvgIpc) is 2.50. The Kier molecular flexibility index (Phi) is 5.06. The predicted molar refractivity (Wildman–Crippen MR) is 84.6 cm³/mol. The number of rotatable bonds is 5. The van der Waals surface area contributed by atoms with E-state index in [2.05, 4.69) is 20.5 Å². The van der Waals surface area contributed by atoms with Crippen LogP contribution in [0.1, 0.15) is 11.3 Å². The molecule has 0 bridgehead atoms. The summed E-state index contributed by atoms with van der Waals surface area (Å²) in [7, 11) is 0. The van der Waals surface area contributed by atoms with Crippen molar-refractivity contribution in [1.29, 1.82) is 0 Å². The first-order chi connectivity index (χ1) is 10.9. The maximum atomic E-state index is 11.9. The lowest BCUT2D eigenvalue weighted by Gasteiger charge is -2.06. The number of hydrogen-bond acceptors (Lipinski definition) is 7. The number of carbonyl (C=O) groups excluding carboxylic acids is 1. The van der Waals surface area contributed by atoms with Gasteiger partial charge in [0.15, 0.2) is 5.16 Å². The molecule has 2 N–H and O–H groups in total. The number of nitro groups is 1. The molecule has 0 aliphatic carbocycles. The third-order valence-electron chi connectivity index (χ3n) is 2.80. The van der Waals surface area contributed by atoms with E-state index in [9.17, 15) is 19.7 Å². The van der Waals surface area contributed by atoms with Crippen LogP contribution in [0.3, 0.4) is 0 Å². The number of nitrogens with one attached hydrogen (secondary N) is 2. The van der Waals surface area contributed by atoms with E-state index in [4.69, 9.17) is 0 Å². The minimum absolute atomic E-state index is 0.0707. The van der Waals surface area contributed by atoms with Gasteiger partial charge in [0.05, 0.1) is 10.7 Å². The monoisotopic (exact) mass is 335 g/mol. The maximum absolute atomic E-state index is 11.9. The van der Waals surface area contributed by atoms with Crippen LogP contribution in [-0.4, -0.2) is 31.8 Å². The molecule has 0 aliphatic heterocycles. The van der Waals surface area contributed by atoms with Crippen LogP contribution in [0.2, 0.25) is 0 Å². The Hall–Kier alpha value is -2.75. The number of aromatic nitrogens is 3. The average molecular weight is 335 g/mol. The number of aromatic amines is 1. The predicted octanol–water partition coefficient (Wildman–Crippen LogP) is 1.42. The van der Waals surface area contributed by atoms with Crippen molar-refractivity contribution in [3.8, 4) is 0 Å². The fourth-order valence-corrected chi connectivity index (χ4v) is 2.27. The molecule has 0 fully saturated rings. The highest BCUT2D eigenvalue weighted by Gasteiger charge is 2.16. The van der Waals surface area contributed by atoms with Gasteiger partial charge in [-0.15, -0.1) is 10.2 Å². The minimum atomic E-state index is -0.557. The number of aryl methyl sites for hydroxylation is 2. The van der Waals surface area contributed by atoms with E-state index in [-0.39, 0.29) is 33.5 Å². The van der Waals surface area contributed by atoms with Crippen LogP contribution in [0, 0.1) is 24.0 Å². The molecule has 0 saturated carbocycles. The number of amides is 1. The second-order valence-corrected chi connectivity index (χ2v) is 5.62. The molecular formula is C13H13N5O4S. The van der Waals surface area contributed by atoms with Gasteiger partial charge in [-0.25, -0.2) is 0 Å². The van der Waals surface area contributed by atoms with E-state index in [1.54, 1.807) is 13.0 Å². The molecule has 9 nitrogen and oxygen atoms in total. The Morgan fingerprint density at radius 3 is 2.78 bits per heavy atom. The lowest BCUT2D eigenvalue weighted by Crippen LogP contribution is -2.17. The maximum Gasteiger partial charge on any atom is 0.293 e. The van der Waals surface area contributed by atoms with Gasteiger partial charge < -0.3 is 5.32 Å². The summed E-state index contributed by atoms with van der Waals surface area (Å²) in [5.74, 6) is -0.524. The molecule has 1 aromatic carbocycles. The first-order valence-corrected chi connectivity index (χ1v) is 7.46. The van der Waals surface area contributed by atoms with E-state index in [1.807, 2.05) is 0 Å². The number of carbonyl (C=O) groups is 1. The minimum Gasteiger partial charge on any atom is -0.320 e. The van der Waals surface area contributed by atoms with E-state index in [0.717, 1.165) is 17.3 Å². The van der Waals surface area contributed by atoms with Gasteiger partial charge in [0.2, 0.25) is 5.91 Å². The number of benzene rings is 1. The van der Waals surface area contributed by atoms with Gasteiger partial charge >= 0.3 is 0 Å². The molecule has 120 valence electrons. The molecule has 1 amide bonds. The molecule has 0 unspecified atom stereocenters. The molecule has 0 atom stereocenters. The first kappa shape index (κ1) is 16.6. The van der Waals surface area contributed by atoms with Gasteiger partial charge in [0.1, 0.15) is 11.4 Å². The summed E-state index contributed by atoms with van der Waals surface area (Å²) in [5, 5.41) is 21.1. The Bertz CT molecular complexity index is 820. The summed E-state index contributed by atoms with van der Waals surface area (Å²) in [6, 6.07) is 4.52. The summed E-state index contributed by atoms with van der Waals surface area (Å²) >= 11 is 0.977. The Morgan fingerprint density at radius 1 is 1.39 bits per heavy atom. The number of hydrogen-bond donors (Lipinski definition) is 2. The molecule has 0 radical (unpaired) electrons. The largest absolute Gasteiger partial charge is 0.320 e. The van der Waals surface area contributed by atoms with Crippen LogP contribution in [0.5, 0.6) is 0 Å². The molecule has 2 aromatic rings. The van der Waals surface area contributed by atoms with Gasteiger partial charge in [-0.2, -0.15) is 0 Å². The van der Waals surface area contributed by atoms with E-state index >= 15 is 0 Å². The van der Waals surface area contributed by atoms with Crippen molar-refractivity contribution in [3.05, 3.63) is 49.9 Å². The van der Waals surface area contributed by atoms with Crippen molar-refractivity contribution in [3.63, 3.8) is 0 Å². The third-order valence-corrected chi connectivity index (χ3v) is 3.67. The van der Waals surface area contributed by atoms with Gasteiger partial charge in [0, 0.05) is 6.07 Å². The van der Waals surface area contributed by atoms with Gasteiger partial charge in [-0.05, 0) is 25.5 Å². The third kappa shape index (κ3) is 4.36. The quantitative estimate of drug-likeness (QED) is 0.480. The number of nitro benzene ring substituents is 1. The molecule has 0 spiro atoms. The van der Waals surface area contributed by atoms with Crippen LogP contribution in [-0.2, 0) is 4.79 Å². The molecule has 0 saturated heterocycles. The first-order valence-electron chi connectivity index (χ1n) is 6.48. The number of thioether (sulfide) groups is 1. The highest BCUT2D eigenvalue weighted by atomic mass is 32.2. The molecule has 1 aromatic heterocycles. The van der Waals surface area contributed by atoms with Crippen LogP contribution >= 0.6 is 11.8 Å². The van der Waals surface area contributed by atoms with Crippen LogP contribution in [0.25, 0.3) is 0 Å². The van der Waals surface area contributed by atoms with Gasteiger partial charge in [-0.3, -0.25) is 24.7 Å². The molecule has 0 aliphatic rings. The summed E-state index contributed by atoms with van der Waals surface area (Å²) < 4.78 is 0. The summed E-state index contributed by atoms with van der Waals surface area (Å²) in [6.45, 7) is 3.24. The normalized spacial score (nSPS) is 10.3. The van der Waals surface area contributed by atoms with Crippen LogP contribution in [0.4, 0.5) is 11.4 Å².